The van der Waals surface area contributed by atoms with Gasteiger partial charge in [0.15, 0.2) is 0 Å². The Labute approximate surface area is 141 Å². The standard InChI is InChI=1S/C17H25NO4S/c1-6-10-11-7-8-17(5,18-15(21)22-16(2,3)4)9-12(11)23-13(10)14(19)20/h6-9H2,1-5H3,(H,18,21)(H,19,20). The maximum atomic E-state index is 12.1. The number of fused-ring (bicyclic) bond motifs is 1. The highest BCUT2D eigenvalue weighted by Gasteiger charge is 2.36. The Morgan fingerprint density at radius 3 is 2.57 bits per heavy atom. The van der Waals surface area contributed by atoms with Crippen LogP contribution in [0.3, 0.4) is 0 Å². The minimum Gasteiger partial charge on any atom is -0.477 e. The first kappa shape index (κ1) is 17.8. The Hall–Kier alpha value is -1.56. The molecule has 0 saturated heterocycles. The minimum atomic E-state index is -0.858. The highest BCUT2D eigenvalue weighted by molar-refractivity contribution is 7.14. The summed E-state index contributed by atoms with van der Waals surface area (Å²) in [5, 5.41) is 12.3. The molecular formula is C17H25NO4S. The predicted octanol–water partition coefficient (Wildman–Crippen LogP) is 3.78. The van der Waals surface area contributed by atoms with E-state index in [1.54, 1.807) is 0 Å². The van der Waals surface area contributed by atoms with Crippen LogP contribution in [0.1, 0.15) is 66.7 Å². The summed E-state index contributed by atoms with van der Waals surface area (Å²) in [7, 11) is 0. The lowest BCUT2D eigenvalue weighted by Crippen LogP contribution is -2.51. The van der Waals surface area contributed by atoms with Crippen LogP contribution in [0, 0.1) is 0 Å². The number of nitrogens with one attached hydrogen (secondary N) is 1. The molecule has 1 atom stereocenters. The van der Waals surface area contributed by atoms with Crippen molar-refractivity contribution in [2.45, 2.75) is 71.4 Å². The van der Waals surface area contributed by atoms with Crippen molar-refractivity contribution in [3.8, 4) is 0 Å². The van der Waals surface area contributed by atoms with Gasteiger partial charge in [0, 0.05) is 16.8 Å². The molecule has 0 bridgehead atoms. The van der Waals surface area contributed by atoms with Crippen LogP contribution in [-0.4, -0.2) is 28.3 Å². The number of carboxylic acid groups (broad SMARTS) is 1. The minimum absolute atomic E-state index is 0.402. The normalized spacial score (nSPS) is 20.7. The van der Waals surface area contributed by atoms with Gasteiger partial charge in [-0.25, -0.2) is 9.59 Å². The Morgan fingerprint density at radius 1 is 1.39 bits per heavy atom. The van der Waals surface area contributed by atoms with Crippen LogP contribution in [0.5, 0.6) is 0 Å². The lowest BCUT2D eigenvalue weighted by Gasteiger charge is -2.35. The molecule has 6 heteroatoms. The van der Waals surface area contributed by atoms with E-state index in [-0.39, 0.29) is 0 Å². The number of carbonyl (C=O) groups excluding carboxylic acids is 1. The number of carbonyl (C=O) groups is 2. The summed E-state index contributed by atoms with van der Waals surface area (Å²) >= 11 is 1.35. The van der Waals surface area contributed by atoms with Crippen LogP contribution >= 0.6 is 11.3 Å². The summed E-state index contributed by atoms with van der Waals surface area (Å²) in [5.41, 5.74) is 1.19. The molecule has 1 amide bonds. The number of thiophene rings is 1. The van der Waals surface area contributed by atoms with Crippen molar-refractivity contribution < 1.29 is 19.4 Å². The number of ether oxygens (including phenoxy) is 1. The van der Waals surface area contributed by atoms with Gasteiger partial charge in [0.25, 0.3) is 0 Å². The molecule has 2 N–H and O–H groups in total. The average molecular weight is 339 g/mol. The van der Waals surface area contributed by atoms with Gasteiger partial charge in [-0.2, -0.15) is 0 Å². The van der Waals surface area contributed by atoms with E-state index >= 15 is 0 Å². The summed E-state index contributed by atoms with van der Waals surface area (Å²) < 4.78 is 5.34. The van der Waals surface area contributed by atoms with E-state index in [4.69, 9.17) is 4.74 Å². The molecule has 0 radical (unpaired) electrons. The molecular weight excluding hydrogens is 314 g/mol. The Balaban J connectivity index is 2.19. The maximum Gasteiger partial charge on any atom is 0.408 e. The summed E-state index contributed by atoms with van der Waals surface area (Å²) in [5.74, 6) is -0.858. The van der Waals surface area contributed by atoms with E-state index in [0.29, 0.717) is 11.3 Å². The molecule has 1 aromatic heterocycles. The van der Waals surface area contributed by atoms with E-state index in [9.17, 15) is 14.7 Å². The molecule has 5 nitrogen and oxygen atoms in total. The van der Waals surface area contributed by atoms with Gasteiger partial charge in [-0.1, -0.05) is 6.92 Å². The number of hydrogen-bond donors (Lipinski definition) is 2. The summed E-state index contributed by atoms with van der Waals surface area (Å²) in [4.78, 5) is 25.0. The second-order valence-corrected chi connectivity index (χ2v) is 8.44. The third kappa shape index (κ3) is 4.05. The number of alkyl carbamates (subject to hydrolysis) is 1. The number of aromatic carboxylic acids is 1. The molecule has 1 aromatic rings. The van der Waals surface area contributed by atoms with Gasteiger partial charge < -0.3 is 15.2 Å². The number of carboxylic acids is 1. The number of amides is 1. The van der Waals surface area contributed by atoms with Crippen molar-refractivity contribution in [3.63, 3.8) is 0 Å². The highest BCUT2D eigenvalue weighted by Crippen LogP contribution is 2.38. The first-order valence-corrected chi connectivity index (χ1v) is 8.74. The Morgan fingerprint density at radius 2 is 2.04 bits per heavy atom. The van der Waals surface area contributed by atoms with Crippen LogP contribution in [0.15, 0.2) is 0 Å². The monoisotopic (exact) mass is 339 g/mol. The summed E-state index contributed by atoms with van der Waals surface area (Å²) in [6.45, 7) is 9.48. The number of hydrogen-bond acceptors (Lipinski definition) is 4. The van der Waals surface area contributed by atoms with E-state index in [1.807, 2.05) is 34.6 Å². The SMILES string of the molecule is CCc1c(C(=O)O)sc2c1CCC(C)(NC(=O)OC(C)(C)C)C2. The van der Waals surface area contributed by atoms with Crippen molar-refractivity contribution in [1.29, 1.82) is 0 Å². The zero-order valence-electron chi connectivity index (χ0n) is 14.4. The highest BCUT2D eigenvalue weighted by atomic mass is 32.1. The molecule has 1 aliphatic rings. The molecule has 0 spiro atoms. The van der Waals surface area contributed by atoms with Gasteiger partial charge in [0.05, 0.1) is 0 Å². The lowest BCUT2D eigenvalue weighted by molar-refractivity contribution is 0.0455. The summed E-state index contributed by atoms with van der Waals surface area (Å²) in [6, 6.07) is 0. The molecule has 1 unspecified atom stereocenters. The van der Waals surface area contributed by atoms with Crippen LogP contribution < -0.4 is 5.32 Å². The molecule has 2 rings (SSSR count). The second kappa shape index (κ2) is 6.15. The van der Waals surface area contributed by atoms with Crippen LogP contribution in [0.25, 0.3) is 0 Å². The Bertz CT molecular complexity index is 629. The van der Waals surface area contributed by atoms with Crippen molar-refractivity contribution in [3.05, 3.63) is 20.9 Å². The van der Waals surface area contributed by atoms with Gasteiger partial charge in [-0.05, 0) is 58.1 Å². The fourth-order valence-electron chi connectivity index (χ4n) is 3.03. The topological polar surface area (TPSA) is 75.6 Å². The van der Waals surface area contributed by atoms with E-state index in [0.717, 1.165) is 29.7 Å². The molecule has 128 valence electrons. The molecule has 23 heavy (non-hydrogen) atoms. The summed E-state index contributed by atoms with van der Waals surface area (Å²) in [6.07, 6.45) is 2.52. The first-order chi connectivity index (χ1) is 10.5. The lowest BCUT2D eigenvalue weighted by atomic mass is 9.81. The van der Waals surface area contributed by atoms with E-state index < -0.39 is 23.2 Å². The van der Waals surface area contributed by atoms with Crippen molar-refractivity contribution >= 4 is 23.4 Å². The van der Waals surface area contributed by atoms with Gasteiger partial charge in [0.1, 0.15) is 10.5 Å². The molecule has 1 aliphatic carbocycles. The largest absolute Gasteiger partial charge is 0.477 e. The molecule has 0 fully saturated rings. The van der Waals surface area contributed by atoms with Crippen LogP contribution in [0.2, 0.25) is 0 Å². The van der Waals surface area contributed by atoms with Crippen molar-refractivity contribution in [2.24, 2.45) is 0 Å². The van der Waals surface area contributed by atoms with Gasteiger partial charge >= 0.3 is 12.1 Å². The maximum absolute atomic E-state index is 12.1. The molecule has 0 saturated carbocycles. The Kier molecular flexibility index (Phi) is 4.76. The number of rotatable bonds is 3. The first-order valence-electron chi connectivity index (χ1n) is 7.92. The third-order valence-corrected chi connectivity index (χ3v) is 5.29. The van der Waals surface area contributed by atoms with Gasteiger partial charge in [0.2, 0.25) is 0 Å². The van der Waals surface area contributed by atoms with Crippen LogP contribution in [-0.2, 0) is 24.0 Å². The van der Waals surface area contributed by atoms with E-state index in [2.05, 4.69) is 5.32 Å². The van der Waals surface area contributed by atoms with Crippen LogP contribution in [0.4, 0.5) is 4.79 Å². The smallest absolute Gasteiger partial charge is 0.408 e. The fraction of sp³-hybridized carbons (Fsp3) is 0.647. The van der Waals surface area contributed by atoms with Crippen molar-refractivity contribution in [2.75, 3.05) is 0 Å². The van der Waals surface area contributed by atoms with Gasteiger partial charge in [-0.15, -0.1) is 11.3 Å². The molecule has 1 heterocycles. The fourth-order valence-corrected chi connectivity index (χ4v) is 4.50. The third-order valence-electron chi connectivity index (χ3n) is 4.03. The average Bonchev–Trinajstić information content (AvgIpc) is 2.72. The predicted molar refractivity (Wildman–Crippen MR) is 90.5 cm³/mol. The molecule has 0 aliphatic heterocycles. The second-order valence-electron chi connectivity index (χ2n) is 7.33. The van der Waals surface area contributed by atoms with Gasteiger partial charge in [-0.3, -0.25) is 0 Å². The van der Waals surface area contributed by atoms with Crippen molar-refractivity contribution in [1.82, 2.24) is 5.32 Å². The zero-order chi connectivity index (χ0) is 17.4. The zero-order valence-corrected chi connectivity index (χ0v) is 15.2. The quantitative estimate of drug-likeness (QED) is 0.879. The van der Waals surface area contributed by atoms with E-state index in [1.165, 1.54) is 16.9 Å². The molecule has 0 aromatic carbocycles.